The van der Waals surface area contributed by atoms with Gasteiger partial charge in [0.15, 0.2) is 0 Å². The Bertz CT molecular complexity index is 393. The van der Waals surface area contributed by atoms with Gasteiger partial charge >= 0.3 is 0 Å². The van der Waals surface area contributed by atoms with Gasteiger partial charge in [-0.15, -0.1) is 0 Å². The van der Waals surface area contributed by atoms with Crippen molar-refractivity contribution in [3.63, 3.8) is 0 Å². The number of nitrogens with one attached hydrogen (secondary N) is 1. The smallest absolute Gasteiger partial charge is 0.0492 e. The van der Waals surface area contributed by atoms with E-state index in [9.17, 15) is 0 Å². The molecule has 1 aromatic rings. The molecule has 0 saturated heterocycles. The van der Waals surface area contributed by atoms with Crippen molar-refractivity contribution in [3.05, 3.63) is 18.0 Å². The van der Waals surface area contributed by atoms with E-state index in [1.807, 2.05) is 17.9 Å². The predicted octanol–water partition coefficient (Wildman–Crippen LogP) is 3.18. The van der Waals surface area contributed by atoms with Gasteiger partial charge in [-0.1, -0.05) is 39.0 Å². The topological polar surface area (TPSA) is 55.9 Å². The van der Waals surface area contributed by atoms with E-state index in [0.29, 0.717) is 6.04 Å². The molecule has 0 radical (unpaired) electrons. The van der Waals surface area contributed by atoms with E-state index in [0.717, 1.165) is 24.7 Å². The molecule has 120 valence electrons. The quantitative estimate of drug-likeness (QED) is 0.571. The zero-order valence-corrected chi connectivity index (χ0v) is 13.7. The fourth-order valence-electron chi connectivity index (χ4n) is 3.78. The summed E-state index contributed by atoms with van der Waals surface area (Å²) in [4.78, 5) is 0. The molecular weight excluding hydrogens is 260 g/mol. The highest BCUT2D eigenvalue weighted by Crippen LogP contribution is 2.34. The highest BCUT2D eigenvalue weighted by molar-refractivity contribution is 5.00. The fourth-order valence-corrected chi connectivity index (χ4v) is 3.78. The summed E-state index contributed by atoms with van der Waals surface area (Å²) in [7, 11) is 2.01. The summed E-state index contributed by atoms with van der Waals surface area (Å²) in [6.07, 6.45) is 13.7. The molecular formula is C17H32N4. The predicted molar refractivity (Wildman–Crippen MR) is 87.6 cm³/mol. The highest BCUT2D eigenvalue weighted by Gasteiger charge is 2.26. The molecule has 21 heavy (non-hydrogen) atoms. The van der Waals surface area contributed by atoms with Crippen LogP contribution >= 0.6 is 0 Å². The Morgan fingerprint density at radius 2 is 2.14 bits per heavy atom. The molecule has 0 bridgehead atoms. The van der Waals surface area contributed by atoms with E-state index in [2.05, 4.69) is 23.5 Å². The number of rotatable bonds is 8. The molecule has 1 aliphatic carbocycles. The lowest BCUT2D eigenvalue weighted by Gasteiger charge is -2.33. The summed E-state index contributed by atoms with van der Waals surface area (Å²) < 4.78 is 1.97. The summed E-state index contributed by atoms with van der Waals surface area (Å²) in [6.45, 7) is 2.29. The lowest BCUT2D eigenvalue weighted by Crippen LogP contribution is -2.42. The second-order valence-corrected chi connectivity index (χ2v) is 6.68. The third-order valence-electron chi connectivity index (χ3n) is 5.27. The fraction of sp³-hybridized carbons (Fsp3) is 0.824. The third-order valence-corrected chi connectivity index (χ3v) is 5.27. The SMILES string of the molecule is CCCCC1CCC(C(CCc2ccnn2C)NN)CC1. The summed E-state index contributed by atoms with van der Waals surface area (Å²) >= 11 is 0. The Kier molecular flexibility index (Phi) is 6.71. The number of hydrogen-bond donors (Lipinski definition) is 2. The molecule has 1 atom stereocenters. The largest absolute Gasteiger partial charge is 0.273 e. The molecule has 2 rings (SSSR count). The molecule has 1 fully saturated rings. The summed E-state index contributed by atoms with van der Waals surface area (Å²) in [5, 5.41) is 4.24. The number of nitrogens with two attached hydrogens (primary N) is 1. The summed E-state index contributed by atoms with van der Waals surface area (Å²) in [6, 6.07) is 2.56. The van der Waals surface area contributed by atoms with Gasteiger partial charge in [0.25, 0.3) is 0 Å². The van der Waals surface area contributed by atoms with E-state index < -0.39 is 0 Å². The zero-order valence-electron chi connectivity index (χ0n) is 13.7. The molecule has 3 N–H and O–H groups in total. The Hall–Kier alpha value is -0.870. The van der Waals surface area contributed by atoms with Crippen molar-refractivity contribution in [1.29, 1.82) is 0 Å². The molecule has 1 unspecified atom stereocenters. The normalized spacial score (nSPS) is 24.1. The van der Waals surface area contributed by atoms with Crippen LogP contribution in [0.4, 0.5) is 0 Å². The van der Waals surface area contributed by atoms with Crippen LogP contribution in [0.2, 0.25) is 0 Å². The van der Waals surface area contributed by atoms with Crippen LogP contribution in [0.15, 0.2) is 12.3 Å². The standard InChI is InChI=1S/C17H32N4/c1-3-4-5-14-6-8-15(9-7-14)17(20-18)11-10-16-12-13-19-21(16)2/h12-15,17,20H,3-11,18H2,1-2H3. The second-order valence-electron chi connectivity index (χ2n) is 6.68. The highest BCUT2D eigenvalue weighted by atomic mass is 15.3. The van der Waals surface area contributed by atoms with Crippen molar-refractivity contribution in [3.8, 4) is 0 Å². The first-order chi connectivity index (χ1) is 10.2. The molecule has 0 spiro atoms. The maximum Gasteiger partial charge on any atom is 0.0492 e. The van der Waals surface area contributed by atoms with Crippen molar-refractivity contribution >= 4 is 0 Å². The van der Waals surface area contributed by atoms with Crippen molar-refractivity contribution < 1.29 is 0 Å². The van der Waals surface area contributed by atoms with Gasteiger partial charge in [0.1, 0.15) is 0 Å². The van der Waals surface area contributed by atoms with Gasteiger partial charge in [-0.3, -0.25) is 16.0 Å². The van der Waals surface area contributed by atoms with Crippen LogP contribution in [0.25, 0.3) is 0 Å². The maximum atomic E-state index is 5.82. The number of hydrogen-bond acceptors (Lipinski definition) is 3. The number of nitrogens with zero attached hydrogens (tertiary/aromatic N) is 2. The van der Waals surface area contributed by atoms with E-state index in [4.69, 9.17) is 5.84 Å². The lowest BCUT2D eigenvalue weighted by atomic mass is 9.76. The summed E-state index contributed by atoms with van der Waals surface area (Å²) in [5.41, 5.74) is 4.38. The average molecular weight is 292 g/mol. The van der Waals surface area contributed by atoms with Crippen molar-refractivity contribution in [2.24, 2.45) is 24.7 Å². The molecule has 1 aromatic heterocycles. The van der Waals surface area contributed by atoms with Gasteiger partial charge in [0, 0.05) is 25.0 Å². The van der Waals surface area contributed by atoms with Crippen molar-refractivity contribution in [2.75, 3.05) is 0 Å². The van der Waals surface area contributed by atoms with Gasteiger partial charge in [0.05, 0.1) is 0 Å². The molecule has 1 saturated carbocycles. The first-order valence-corrected chi connectivity index (χ1v) is 8.67. The van der Waals surface area contributed by atoms with Crippen molar-refractivity contribution in [2.45, 2.75) is 70.8 Å². The minimum absolute atomic E-state index is 0.451. The average Bonchev–Trinajstić information content (AvgIpc) is 2.92. The Morgan fingerprint density at radius 3 is 2.71 bits per heavy atom. The molecule has 0 aromatic carbocycles. The first kappa shape index (κ1) is 16.5. The number of aryl methyl sites for hydroxylation is 2. The molecule has 1 heterocycles. The van der Waals surface area contributed by atoms with Crippen LogP contribution in [0.1, 0.15) is 64.0 Å². The Labute approximate surface area is 129 Å². The van der Waals surface area contributed by atoms with Crippen LogP contribution in [-0.2, 0) is 13.5 Å². The van der Waals surface area contributed by atoms with E-state index >= 15 is 0 Å². The monoisotopic (exact) mass is 292 g/mol. The van der Waals surface area contributed by atoms with Crippen LogP contribution in [0.3, 0.4) is 0 Å². The molecule has 0 amide bonds. The van der Waals surface area contributed by atoms with E-state index in [1.165, 1.54) is 50.6 Å². The number of unbranched alkanes of at least 4 members (excludes halogenated alkanes) is 1. The third kappa shape index (κ3) is 4.82. The zero-order chi connectivity index (χ0) is 15.1. The molecule has 0 aliphatic heterocycles. The van der Waals surface area contributed by atoms with Gasteiger partial charge in [-0.05, 0) is 43.6 Å². The van der Waals surface area contributed by atoms with Crippen LogP contribution in [-0.4, -0.2) is 15.8 Å². The van der Waals surface area contributed by atoms with Crippen LogP contribution < -0.4 is 11.3 Å². The molecule has 1 aliphatic rings. The van der Waals surface area contributed by atoms with E-state index in [-0.39, 0.29) is 0 Å². The van der Waals surface area contributed by atoms with Gasteiger partial charge < -0.3 is 0 Å². The van der Waals surface area contributed by atoms with Crippen LogP contribution in [0, 0.1) is 11.8 Å². The Morgan fingerprint density at radius 1 is 1.38 bits per heavy atom. The second kappa shape index (κ2) is 8.54. The van der Waals surface area contributed by atoms with Gasteiger partial charge in [-0.25, -0.2) is 0 Å². The molecule has 4 heteroatoms. The molecule has 4 nitrogen and oxygen atoms in total. The maximum absolute atomic E-state index is 5.82. The number of hydrazine groups is 1. The Balaban J connectivity index is 1.76. The minimum atomic E-state index is 0.451. The lowest BCUT2D eigenvalue weighted by molar-refractivity contribution is 0.206. The van der Waals surface area contributed by atoms with Gasteiger partial charge in [-0.2, -0.15) is 5.10 Å². The van der Waals surface area contributed by atoms with Crippen molar-refractivity contribution in [1.82, 2.24) is 15.2 Å². The van der Waals surface area contributed by atoms with Gasteiger partial charge in [0.2, 0.25) is 0 Å². The van der Waals surface area contributed by atoms with E-state index in [1.54, 1.807) is 0 Å². The first-order valence-electron chi connectivity index (χ1n) is 8.67. The summed E-state index contributed by atoms with van der Waals surface area (Å²) in [5.74, 6) is 7.54. The minimum Gasteiger partial charge on any atom is -0.273 e. The number of aromatic nitrogens is 2. The van der Waals surface area contributed by atoms with Crippen LogP contribution in [0.5, 0.6) is 0 Å².